The number of ketones is 1. The maximum absolute atomic E-state index is 12.8. The number of amides is 2. The molecule has 0 aliphatic carbocycles. The Morgan fingerprint density at radius 3 is 2.38 bits per heavy atom. The van der Waals surface area contributed by atoms with Crippen molar-refractivity contribution in [1.82, 2.24) is 10.6 Å². The van der Waals surface area contributed by atoms with Gasteiger partial charge in [0.05, 0.1) is 18.1 Å². The lowest BCUT2D eigenvalue weighted by molar-refractivity contribution is -0.126. The van der Waals surface area contributed by atoms with Gasteiger partial charge in [-0.1, -0.05) is 0 Å². The first-order chi connectivity index (χ1) is 12.2. The van der Waals surface area contributed by atoms with Crippen LogP contribution in [0.5, 0.6) is 0 Å². The van der Waals surface area contributed by atoms with Gasteiger partial charge in [-0.2, -0.15) is 0 Å². The van der Waals surface area contributed by atoms with Crippen molar-refractivity contribution in [2.24, 2.45) is 0 Å². The molecule has 1 aromatic carbocycles. The molecule has 1 heterocycles. The molecule has 1 atom stereocenters. The standard InChI is InChI=1S/C17H21FN2O5S/c18-13-6-4-12(5-7-13)15(21)2-1-3-16(22)19-10-17(23)20-14-8-9-26(24,25)11-14/h4-7,14H,1-3,8-11H2,(H,19,22)(H,20,23). The number of sulfone groups is 1. The summed E-state index contributed by atoms with van der Waals surface area (Å²) in [5.41, 5.74) is 0.387. The SMILES string of the molecule is O=C(CCCC(=O)c1ccc(F)cc1)NCC(=O)NC1CCS(=O)(=O)C1. The van der Waals surface area contributed by atoms with Gasteiger partial charge in [-0.25, -0.2) is 12.8 Å². The smallest absolute Gasteiger partial charge is 0.239 e. The van der Waals surface area contributed by atoms with Crippen LogP contribution < -0.4 is 10.6 Å². The molecule has 26 heavy (non-hydrogen) atoms. The highest BCUT2D eigenvalue weighted by molar-refractivity contribution is 7.91. The summed E-state index contributed by atoms with van der Waals surface area (Å²) in [5.74, 6) is -1.42. The van der Waals surface area contributed by atoms with Crippen LogP contribution in [0.1, 0.15) is 36.0 Å². The quantitative estimate of drug-likeness (QED) is 0.638. The fraction of sp³-hybridized carbons (Fsp3) is 0.471. The van der Waals surface area contributed by atoms with Gasteiger partial charge in [-0.15, -0.1) is 0 Å². The summed E-state index contributed by atoms with van der Waals surface area (Å²) in [4.78, 5) is 35.3. The molecule has 1 aliphatic rings. The second kappa shape index (κ2) is 8.88. The largest absolute Gasteiger partial charge is 0.351 e. The molecule has 0 radical (unpaired) electrons. The van der Waals surface area contributed by atoms with Gasteiger partial charge < -0.3 is 10.6 Å². The molecule has 2 N–H and O–H groups in total. The van der Waals surface area contributed by atoms with Crippen LogP contribution >= 0.6 is 0 Å². The van der Waals surface area contributed by atoms with Gasteiger partial charge in [-0.05, 0) is 37.1 Å². The summed E-state index contributed by atoms with van der Waals surface area (Å²) in [6.07, 6.45) is 0.918. The van der Waals surface area contributed by atoms with E-state index in [0.29, 0.717) is 18.4 Å². The van der Waals surface area contributed by atoms with E-state index in [2.05, 4.69) is 10.6 Å². The number of benzene rings is 1. The lowest BCUT2D eigenvalue weighted by Gasteiger charge is -2.11. The highest BCUT2D eigenvalue weighted by Crippen LogP contribution is 2.11. The Morgan fingerprint density at radius 2 is 1.77 bits per heavy atom. The van der Waals surface area contributed by atoms with Crippen molar-refractivity contribution in [1.29, 1.82) is 0 Å². The van der Waals surface area contributed by atoms with Gasteiger partial charge in [0.15, 0.2) is 15.6 Å². The molecule has 7 nitrogen and oxygen atoms in total. The Morgan fingerprint density at radius 1 is 1.08 bits per heavy atom. The van der Waals surface area contributed by atoms with Gasteiger partial charge in [0, 0.05) is 24.4 Å². The van der Waals surface area contributed by atoms with Gasteiger partial charge in [0.25, 0.3) is 0 Å². The van der Waals surface area contributed by atoms with Gasteiger partial charge in [0.1, 0.15) is 5.82 Å². The van der Waals surface area contributed by atoms with E-state index < -0.39 is 27.6 Å². The molecule has 0 saturated carbocycles. The zero-order chi connectivity index (χ0) is 19.2. The van der Waals surface area contributed by atoms with Crippen LogP contribution in [0.15, 0.2) is 24.3 Å². The van der Waals surface area contributed by atoms with Crippen molar-refractivity contribution in [2.75, 3.05) is 18.1 Å². The second-order valence-corrected chi connectivity index (χ2v) is 8.46. The zero-order valence-corrected chi connectivity index (χ0v) is 15.0. The molecule has 0 spiro atoms. The van der Waals surface area contributed by atoms with E-state index in [4.69, 9.17) is 0 Å². The molecule has 142 valence electrons. The molecule has 1 unspecified atom stereocenters. The fourth-order valence-electron chi connectivity index (χ4n) is 2.64. The third kappa shape index (κ3) is 6.55. The summed E-state index contributed by atoms with van der Waals surface area (Å²) in [5, 5.41) is 5.01. The first-order valence-corrected chi connectivity index (χ1v) is 10.1. The van der Waals surface area contributed by atoms with Crippen molar-refractivity contribution in [3.05, 3.63) is 35.6 Å². The normalized spacial score (nSPS) is 18.3. The topological polar surface area (TPSA) is 109 Å². The van der Waals surface area contributed by atoms with Crippen molar-refractivity contribution in [3.63, 3.8) is 0 Å². The van der Waals surface area contributed by atoms with Gasteiger partial charge >= 0.3 is 0 Å². The van der Waals surface area contributed by atoms with Gasteiger partial charge in [-0.3, -0.25) is 14.4 Å². The minimum atomic E-state index is -3.07. The van der Waals surface area contributed by atoms with Crippen LogP contribution in [0.2, 0.25) is 0 Å². The Balaban J connectivity index is 1.62. The third-order valence-corrected chi connectivity index (χ3v) is 5.79. The first kappa shape index (κ1) is 20.0. The van der Waals surface area contributed by atoms with Gasteiger partial charge in [0.2, 0.25) is 11.8 Å². The summed E-state index contributed by atoms with van der Waals surface area (Å²) in [7, 11) is -3.07. The molecule has 1 aromatic rings. The number of carbonyl (C=O) groups excluding carboxylic acids is 3. The van der Waals surface area contributed by atoms with E-state index in [-0.39, 0.29) is 42.6 Å². The summed E-state index contributed by atoms with van der Waals surface area (Å²) in [6.45, 7) is -0.235. The van der Waals surface area contributed by atoms with Crippen LogP contribution in [0.3, 0.4) is 0 Å². The molecule has 1 aliphatic heterocycles. The van der Waals surface area contributed by atoms with Crippen molar-refractivity contribution in [3.8, 4) is 0 Å². The highest BCUT2D eigenvalue weighted by Gasteiger charge is 2.28. The first-order valence-electron chi connectivity index (χ1n) is 8.30. The minimum Gasteiger partial charge on any atom is -0.351 e. The maximum Gasteiger partial charge on any atom is 0.239 e. The second-order valence-electron chi connectivity index (χ2n) is 6.23. The Labute approximate surface area is 151 Å². The number of nitrogens with one attached hydrogen (secondary N) is 2. The molecule has 9 heteroatoms. The number of hydrogen-bond donors (Lipinski definition) is 2. The summed E-state index contributed by atoms with van der Waals surface area (Å²) in [6, 6.07) is 4.79. The number of carbonyl (C=O) groups is 3. The van der Waals surface area contributed by atoms with Crippen LogP contribution in [0, 0.1) is 5.82 Å². The molecular weight excluding hydrogens is 363 g/mol. The van der Waals surface area contributed by atoms with Crippen LogP contribution in [0.25, 0.3) is 0 Å². The average molecular weight is 384 g/mol. The minimum absolute atomic E-state index is 0.0619. The van der Waals surface area contributed by atoms with Crippen LogP contribution in [0.4, 0.5) is 4.39 Å². The Bertz CT molecular complexity index is 777. The predicted molar refractivity (Wildman–Crippen MR) is 92.8 cm³/mol. The monoisotopic (exact) mass is 384 g/mol. The van der Waals surface area contributed by atoms with E-state index >= 15 is 0 Å². The number of halogens is 1. The van der Waals surface area contributed by atoms with E-state index in [1.807, 2.05) is 0 Å². The Hall–Kier alpha value is -2.29. The maximum atomic E-state index is 12.8. The zero-order valence-electron chi connectivity index (χ0n) is 14.2. The van der Waals surface area contributed by atoms with Crippen molar-refractivity contribution in [2.45, 2.75) is 31.7 Å². The van der Waals surface area contributed by atoms with Crippen LogP contribution in [-0.4, -0.2) is 50.1 Å². The summed E-state index contributed by atoms with van der Waals surface area (Å²) >= 11 is 0. The fourth-order valence-corrected chi connectivity index (χ4v) is 4.32. The molecular formula is C17H21FN2O5S. The number of hydrogen-bond acceptors (Lipinski definition) is 5. The third-order valence-electron chi connectivity index (χ3n) is 4.02. The number of Topliss-reactive ketones (excluding diaryl/α,β-unsaturated/α-hetero) is 1. The molecule has 1 fully saturated rings. The highest BCUT2D eigenvalue weighted by atomic mass is 32.2. The van der Waals surface area contributed by atoms with E-state index in [1.165, 1.54) is 24.3 Å². The predicted octanol–water partition coefficient (Wildman–Crippen LogP) is 0.598. The molecule has 2 amide bonds. The number of rotatable bonds is 8. The average Bonchev–Trinajstić information content (AvgIpc) is 2.92. The Kier molecular flexibility index (Phi) is 6.84. The van der Waals surface area contributed by atoms with E-state index in [9.17, 15) is 27.2 Å². The molecule has 1 saturated heterocycles. The van der Waals surface area contributed by atoms with Crippen molar-refractivity contribution >= 4 is 27.4 Å². The summed E-state index contributed by atoms with van der Waals surface area (Å²) < 4.78 is 35.4. The lowest BCUT2D eigenvalue weighted by atomic mass is 10.1. The van der Waals surface area contributed by atoms with Crippen molar-refractivity contribution < 1.29 is 27.2 Å². The molecule has 2 rings (SSSR count). The molecule has 0 aromatic heterocycles. The van der Waals surface area contributed by atoms with Crippen LogP contribution in [-0.2, 0) is 19.4 Å². The lowest BCUT2D eigenvalue weighted by Crippen LogP contribution is -2.42. The van der Waals surface area contributed by atoms with E-state index in [1.54, 1.807) is 0 Å². The molecule has 0 bridgehead atoms. The van der Waals surface area contributed by atoms with E-state index in [0.717, 1.165) is 0 Å².